The number of aromatic nitrogens is 2. The van der Waals surface area contributed by atoms with Crippen LogP contribution in [0.4, 0.5) is 8.78 Å². The molecule has 1 fully saturated rings. The van der Waals surface area contributed by atoms with Crippen LogP contribution in [0.15, 0.2) is 6.20 Å². The summed E-state index contributed by atoms with van der Waals surface area (Å²) in [5, 5.41) is 6.47. The van der Waals surface area contributed by atoms with Gasteiger partial charge in [0.2, 0.25) is 6.43 Å². The molecule has 0 spiro atoms. The van der Waals surface area contributed by atoms with Gasteiger partial charge in [0.25, 0.3) is 0 Å². The van der Waals surface area contributed by atoms with E-state index in [0.29, 0.717) is 18.5 Å². The topological polar surface area (TPSA) is 28.7 Å². The lowest BCUT2D eigenvalue weighted by molar-refractivity contribution is 0.0994. The first-order valence-electron chi connectivity index (χ1n) is 3.65. The number of nitrogens with zero attached hydrogens (tertiary/aromatic N) is 1. The van der Waals surface area contributed by atoms with Gasteiger partial charge in [-0.3, -0.25) is 5.10 Å². The van der Waals surface area contributed by atoms with E-state index in [1.54, 1.807) is 6.20 Å². The van der Waals surface area contributed by atoms with Crippen LogP contribution in [0, 0.1) is 3.57 Å². The summed E-state index contributed by atoms with van der Waals surface area (Å²) in [6.07, 6.45) is 0.490. The molecule has 2 nitrogen and oxygen atoms in total. The van der Waals surface area contributed by atoms with Gasteiger partial charge in [-0.05, 0) is 35.4 Å². The highest BCUT2D eigenvalue weighted by molar-refractivity contribution is 14.1. The Balaban J connectivity index is 2.36. The SMILES string of the molecule is FC(F)C1(c2n[nH]cc2I)CC1. The normalized spacial score (nSPS) is 20.0. The number of hydrogen-bond donors (Lipinski definition) is 1. The molecule has 0 aromatic carbocycles. The fourth-order valence-electron chi connectivity index (χ4n) is 1.32. The zero-order valence-electron chi connectivity index (χ0n) is 6.15. The molecular weight excluding hydrogens is 277 g/mol. The summed E-state index contributed by atoms with van der Waals surface area (Å²) in [5.74, 6) is 0. The minimum Gasteiger partial charge on any atom is -0.284 e. The fourth-order valence-corrected chi connectivity index (χ4v) is 2.11. The van der Waals surface area contributed by atoms with E-state index in [2.05, 4.69) is 10.2 Å². The van der Waals surface area contributed by atoms with E-state index in [0.717, 1.165) is 3.57 Å². The van der Waals surface area contributed by atoms with Gasteiger partial charge >= 0.3 is 0 Å². The molecule has 1 aliphatic carbocycles. The van der Waals surface area contributed by atoms with E-state index in [1.165, 1.54) is 0 Å². The Labute approximate surface area is 81.9 Å². The smallest absolute Gasteiger partial charge is 0.249 e. The van der Waals surface area contributed by atoms with Gasteiger partial charge in [-0.1, -0.05) is 0 Å². The molecule has 0 amide bonds. The average Bonchev–Trinajstić information content (AvgIpc) is 2.71. The molecule has 2 rings (SSSR count). The van der Waals surface area contributed by atoms with Crippen molar-refractivity contribution in [3.8, 4) is 0 Å². The lowest BCUT2D eigenvalue weighted by atomic mass is 10.0. The molecule has 1 aromatic rings. The molecule has 12 heavy (non-hydrogen) atoms. The minimum atomic E-state index is -2.28. The van der Waals surface area contributed by atoms with Crippen molar-refractivity contribution in [1.29, 1.82) is 0 Å². The number of aromatic amines is 1. The summed E-state index contributed by atoms with van der Waals surface area (Å²) < 4.78 is 25.9. The van der Waals surface area contributed by atoms with Gasteiger partial charge in [0.1, 0.15) is 0 Å². The van der Waals surface area contributed by atoms with Gasteiger partial charge in [-0.2, -0.15) is 5.10 Å². The van der Waals surface area contributed by atoms with Gasteiger partial charge in [0.05, 0.1) is 14.7 Å². The molecule has 1 N–H and O–H groups in total. The Morgan fingerprint density at radius 2 is 2.25 bits per heavy atom. The Morgan fingerprint density at radius 1 is 1.58 bits per heavy atom. The molecule has 0 aliphatic heterocycles. The molecule has 0 unspecified atom stereocenters. The lowest BCUT2D eigenvalue weighted by Gasteiger charge is -2.10. The second-order valence-corrected chi connectivity index (χ2v) is 4.20. The van der Waals surface area contributed by atoms with Crippen LogP contribution in [-0.2, 0) is 5.41 Å². The Bertz CT molecular complexity index is 293. The number of rotatable bonds is 2. The third-order valence-corrected chi connectivity index (χ3v) is 3.09. The summed E-state index contributed by atoms with van der Waals surface area (Å²) in [5.41, 5.74) is -0.380. The van der Waals surface area contributed by atoms with Crippen LogP contribution in [0.2, 0.25) is 0 Å². The van der Waals surface area contributed by atoms with Gasteiger partial charge in [-0.15, -0.1) is 0 Å². The lowest BCUT2D eigenvalue weighted by Crippen LogP contribution is -2.19. The first kappa shape index (κ1) is 8.40. The van der Waals surface area contributed by atoms with E-state index < -0.39 is 11.8 Å². The van der Waals surface area contributed by atoms with Crippen molar-refractivity contribution in [2.24, 2.45) is 0 Å². The molecular formula is C7H7F2IN2. The van der Waals surface area contributed by atoms with E-state index in [-0.39, 0.29) is 0 Å². The molecule has 1 aliphatic rings. The van der Waals surface area contributed by atoms with Crippen LogP contribution < -0.4 is 0 Å². The Morgan fingerprint density at radius 3 is 2.58 bits per heavy atom. The van der Waals surface area contributed by atoms with Crippen molar-refractivity contribution < 1.29 is 8.78 Å². The van der Waals surface area contributed by atoms with Gasteiger partial charge < -0.3 is 0 Å². The monoisotopic (exact) mass is 284 g/mol. The molecule has 66 valence electrons. The quantitative estimate of drug-likeness (QED) is 0.829. The summed E-state index contributed by atoms with van der Waals surface area (Å²) in [7, 11) is 0. The third kappa shape index (κ3) is 1.06. The van der Waals surface area contributed by atoms with Crippen LogP contribution in [0.1, 0.15) is 18.5 Å². The van der Waals surface area contributed by atoms with Crippen LogP contribution >= 0.6 is 22.6 Å². The highest BCUT2D eigenvalue weighted by atomic mass is 127. The molecule has 1 saturated carbocycles. The minimum absolute atomic E-state index is 0.540. The summed E-state index contributed by atoms with van der Waals surface area (Å²) in [4.78, 5) is 0. The van der Waals surface area contributed by atoms with Gasteiger partial charge in [0.15, 0.2) is 0 Å². The number of alkyl halides is 2. The molecule has 1 aromatic heterocycles. The van der Waals surface area contributed by atoms with Crippen molar-refractivity contribution in [2.45, 2.75) is 24.7 Å². The summed E-state index contributed by atoms with van der Waals surface area (Å²) in [6, 6.07) is 0. The van der Waals surface area contributed by atoms with Crippen LogP contribution in [-0.4, -0.2) is 16.6 Å². The largest absolute Gasteiger partial charge is 0.284 e. The first-order chi connectivity index (χ1) is 5.67. The highest BCUT2D eigenvalue weighted by Crippen LogP contribution is 2.52. The van der Waals surface area contributed by atoms with Gasteiger partial charge in [0, 0.05) is 6.20 Å². The highest BCUT2D eigenvalue weighted by Gasteiger charge is 2.55. The second kappa shape index (κ2) is 2.65. The third-order valence-electron chi connectivity index (χ3n) is 2.27. The molecule has 1 heterocycles. The zero-order chi connectivity index (χ0) is 8.77. The van der Waals surface area contributed by atoms with E-state index in [1.807, 2.05) is 22.6 Å². The summed E-state index contributed by atoms with van der Waals surface area (Å²) >= 11 is 2.03. The second-order valence-electron chi connectivity index (χ2n) is 3.04. The van der Waals surface area contributed by atoms with Crippen LogP contribution in [0.3, 0.4) is 0 Å². The summed E-state index contributed by atoms with van der Waals surface area (Å²) in [6.45, 7) is 0. The maximum Gasteiger partial charge on any atom is 0.249 e. The van der Waals surface area contributed by atoms with Gasteiger partial charge in [-0.25, -0.2) is 8.78 Å². The van der Waals surface area contributed by atoms with E-state index in [4.69, 9.17) is 0 Å². The molecule has 5 heteroatoms. The molecule has 0 radical (unpaired) electrons. The maximum atomic E-state index is 12.6. The Hall–Kier alpha value is -0.200. The van der Waals surface area contributed by atoms with Crippen molar-refractivity contribution >= 4 is 22.6 Å². The Kier molecular flexibility index (Phi) is 1.85. The van der Waals surface area contributed by atoms with Crippen LogP contribution in [0.25, 0.3) is 0 Å². The zero-order valence-corrected chi connectivity index (χ0v) is 8.31. The van der Waals surface area contributed by atoms with Crippen molar-refractivity contribution in [3.05, 3.63) is 15.5 Å². The number of halogens is 3. The predicted molar refractivity (Wildman–Crippen MR) is 48.2 cm³/mol. The average molecular weight is 284 g/mol. The standard InChI is InChI=1S/C7H7F2IN2/c8-6(9)7(1-2-7)5-4(10)3-11-12-5/h3,6H,1-2H2,(H,11,12). The number of nitrogens with one attached hydrogen (secondary N) is 1. The van der Waals surface area contributed by atoms with Crippen LogP contribution in [0.5, 0.6) is 0 Å². The van der Waals surface area contributed by atoms with Crippen molar-refractivity contribution in [1.82, 2.24) is 10.2 Å². The number of hydrogen-bond acceptors (Lipinski definition) is 1. The first-order valence-corrected chi connectivity index (χ1v) is 4.72. The predicted octanol–water partition coefficient (Wildman–Crippen LogP) is 2.31. The van der Waals surface area contributed by atoms with Crippen molar-refractivity contribution in [3.63, 3.8) is 0 Å². The van der Waals surface area contributed by atoms with Crippen molar-refractivity contribution in [2.75, 3.05) is 0 Å². The van der Waals surface area contributed by atoms with E-state index >= 15 is 0 Å². The number of H-pyrrole nitrogens is 1. The molecule has 0 saturated heterocycles. The van der Waals surface area contributed by atoms with E-state index in [9.17, 15) is 8.78 Å². The molecule has 0 bridgehead atoms. The fraction of sp³-hybridized carbons (Fsp3) is 0.571. The molecule has 0 atom stereocenters. The maximum absolute atomic E-state index is 12.6.